The lowest BCUT2D eigenvalue weighted by Crippen LogP contribution is -2.46. The van der Waals surface area contributed by atoms with Crippen LogP contribution in [0.25, 0.3) is 0 Å². The Balaban J connectivity index is 3.45. The summed E-state index contributed by atoms with van der Waals surface area (Å²) in [5, 5.41) is 18.4. The molecule has 9 heteroatoms. The van der Waals surface area contributed by atoms with Crippen molar-refractivity contribution >= 4 is 19.5 Å². The van der Waals surface area contributed by atoms with Crippen molar-refractivity contribution in [1.29, 1.82) is 0 Å². The molecular formula is C12H16NO7P. The predicted octanol–water partition coefficient (Wildman–Crippen LogP) is 0.691. The summed E-state index contributed by atoms with van der Waals surface area (Å²) in [4.78, 5) is 45.1. The zero-order valence-corrected chi connectivity index (χ0v) is 12.3. The molecule has 1 aromatic heterocycles. The lowest BCUT2D eigenvalue weighted by atomic mass is 9.74. The SMILES string of the molecule is CC(C)(c1ccccn1)C(C(=O)O)C(C(=O)O)P(=O)(O)O. The highest BCUT2D eigenvalue weighted by Gasteiger charge is 2.53. The molecule has 0 aromatic carbocycles. The van der Waals surface area contributed by atoms with Gasteiger partial charge in [0.15, 0.2) is 5.66 Å². The second kappa shape index (κ2) is 5.93. The third kappa shape index (κ3) is 3.66. The third-order valence-electron chi connectivity index (χ3n) is 3.30. The van der Waals surface area contributed by atoms with Gasteiger partial charge in [-0.05, 0) is 12.1 Å². The molecule has 0 bridgehead atoms. The smallest absolute Gasteiger partial charge is 0.340 e. The van der Waals surface area contributed by atoms with E-state index in [0.717, 1.165) is 0 Å². The monoisotopic (exact) mass is 317 g/mol. The van der Waals surface area contributed by atoms with Crippen LogP contribution >= 0.6 is 7.60 Å². The van der Waals surface area contributed by atoms with Gasteiger partial charge in [-0.1, -0.05) is 19.9 Å². The summed E-state index contributed by atoms with van der Waals surface area (Å²) in [6.45, 7) is 2.78. The Morgan fingerprint density at radius 1 is 1.19 bits per heavy atom. The standard InChI is InChI=1S/C12H16NO7P/c1-12(2,7-5-3-4-6-13-7)8(10(14)15)9(11(16)17)21(18,19)20/h3-6,8-9H,1-2H3,(H,14,15)(H,16,17)(H2,18,19,20). The van der Waals surface area contributed by atoms with E-state index in [4.69, 9.17) is 5.11 Å². The van der Waals surface area contributed by atoms with Crippen LogP contribution in [0.4, 0.5) is 0 Å². The quantitative estimate of drug-likeness (QED) is 0.561. The van der Waals surface area contributed by atoms with Crippen LogP contribution in [-0.2, 0) is 19.6 Å². The Morgan fingerprint density at radius 3 is 2.10 bits per heavy atom. The van der Waals surface area contributed by atoms with Gasteiger partial charge < -0.3 is 20.0 Å². The number of rotatable bonds is 6. The van der Waals surface area contributed by atoms with Gasteiger partial charge in [0.05, 0.1) is 5.92 Å². The van der Waals surface area contributed by atoms with Gasteiger partial charge in [-0.3, -0.25) is 19.1 Å². The van der Waals surface area contributed by atoms with E-state index in [-0.39, 0.29) is 5.69 Å². The Bertz CT molecular complexity index is 581. The lowest BCUT2D eigenvalue weighted by molar-refractivity contribution is -0.150. The molecule has 0 aliphatic heterocycles. The van der Waals surface area contributed by atoms with E-state index in [9.17, 15) is 29.0 Å². The van der Waals surface area contributed by atoms with Crippen molar-refractivity contribution in [2.24, 2.45) is 5.92 Å². The molecule has 2 atom stereocenters. The molecule has 21 heavy (non-hydrogen) atoms. The predicted molar refractivity (Wildman–Crippen MR) is 71.9 cm³/mol. The number of nitrogens with zero attached hydrogens (tertiary/aromatic N) is 1. The third-order valence-corrected chi connectivity index (χ3v) is 4.54. The van der Waals surface area contributed by atoms with Gasteiger partial charge >= 0.3 is 19.5 Å². The average Bonchev–Trinajstić information content (AvgIpc) is 2.34. The summed E-state index contributed by atoms with van der Waals surface area (Å²) in [5.74, 6) is -5.31. The summed E-state index contributed by atoms with van der Waals surface area (Å²) >= 11 is 0. The van der Waals surface area contributed by atoms with Crippen LogP contribution in [0.5, 0.6) is 0 Å². The van der Waals surface area contributed by atoms with Crippen LogP contribution in [0.15, 0.2) is 24.4 Å². The van der Waals surface area contributed by atoms with Crippen LogP contribution in [0.3, 0.4) is 0 Å². The Morgan fingerprint density at radius 2 is 1.76 bits per heavy atom. The molecule has 1 rings (SSSR count). The molecule has 2 unspecified atom stereocenters. The molecule has 0 radical (unpaired) electrons. The first-order valence-corrected chi connectivity index (χ1v) is 7.60. The minimum absolute atomic E-state index is 0.233. The van der Waals surface area contributed by atoms with Gasteiger partial charge in [0.25, 0.3) is 0 Å². The number of carboxylic acids is 2. The van der Waals surface area contributed by atoms with E-state index in [1.165, 1.54) is 26.1 Å². The van der Waals surface area contributed by atoms with Crippen molar-refractivity contribution in [3.8, 4) is 0 Å². The first kappa shape index (κ1) is 17.3. The number of aromatic nitrogens is 1. The Labute approximate surface area is 120 Å². The Kier molecular flexibility index (Phi) is 4.88. The summed E-state index contributed by atoms with van der Waals surface area (Å²) < 4.78 is 11.4. The van der Waals surface area contributed by atoms with Gasteiger partial charge in [-0.15, -0.1) is 0 Å². The molecule has 1 aromatic rings. The number of aliphatic carboxylic acids is 2. The first-order chi connectivity index (χ1) is 9.49. The minimum Gasteiger partial charge on any atom is -0.481 e. The van der Waals surface area contributed by atoms with E-state index < -0.39 is 36.5 Å². The fourth-order valence-corrected chi connectivity index (χ4v) is 3.40. The number of carbonyl (C=O) groups is 2. The van der Waals surface area contributed by atoms with E-state index >= 15 is 0 Å². The number of carboxylic acid groups (broad SMARTS) is 2. The highest BCUT2D eigenvalue weighted by atomic mass is 31.2. The maximum atomic E-state index is 11.5. The van der Waals surface area contributed by atoms with Crippen LogP contribution in [-0.4, -0.2) is 42.6 Å². The van der Waals surface area contributed by atoms with Crippen LogP contribution < -0.4 is 0 Å². The maximum absolute atomic E-state index is 11.5. The molecule has 4 N–H and O–H groups in total. The van der Waals surface area contributed by atoms with Crippen molar-refractivity contribution in [2.45, 2.75) is 24.9 Å². The summed E-state index contributed by atoms with van der Waals surface area (Å²) in [6.07, 6.45) is 1.39. The number of hydrogen-bond donors (Lipinski definition) is 4. The van der Waals surface area contributed by atoms with E-state index in [2.05, 4.69) is 4.98 Å². The van der Waals surface area contributed by atoms with Crippen LogP contribution in [0.2, 0.25) is 0 Å². The second-order valence-corrected chi connectivity index (χ2v) is 6.86. The van der Waals surface area contributed by atoms with Gasteiger partial charge in [0.1, 0.15) is 0 Å². The summed E-state index contributed by atoms with van der Waals surface area (Å²) in [6, 6.07) is 4.65. The zero-order valence-electron chi connectivity index (χ0n) is 11.4. The average molecular weight is 317 g/mol. The van der Waals surface area contributed by atoms with E-state index in [0.29, 0.717) is 0 Å². The second-order valence-electron chi connectivity index (χ2n) is 5.12. The van der Waals surface area contributed by atoms with Crippen molar-refractivity contribution < 1.29 is 34.2 Å². The molecule has 0 saturated carbocycles. The minimum atomic E-state index is -5.17. The fourth-order valence-electron chi connectivity index (χ4n) is 2.22. The molecule has 116 valence electrons. The number of hydrogen-bond acceptors (Lipinski definition) is 4. The largest absolute Gasteiger partial charge is 0.481 e. The van der Waals surface area contributed by atoms with E-state index in [1.54, 1.807) is 12.1 Å². The van der Waals surface area contributed by atoms with Crippen LogP contribution in [0, 0.1) is 5.92 Å². The molecule has 8 nitrogen and oxygen atoms in total. The maximum Gasteiger partial charge on any atom is 0.340 e. The van der Waals surface area contributed by atoms with Crippen molar-refractivity contribution in [1.82, 2.24) is 4.98 Å². The normalized spacial score (nSPS) is 15.2. The summed E-state index contributed by atoms with van der Waals surface area (Å²) in [7, 11) is -5.17. The van der Waals surface area contributed by atoms with Gasteiger partial charge in [0, 0.05) is 17.3 Å². The van der Waals surface area contributed by atoms with Gasteiger partial charge in [0.2, 0.25) is 0 Å². The van der Waals surface area contributed by atoms with E-state index in [1.807, 2.05) is 0 Å². The topological polar surface area (TPSA) is 145 Å². The molecule has 0 amide bonds. The van der Waals surface area contributed by atoms with Crippen molar-refractivity contribution in [3.05, 3.63) is 30.1 Å². The molecule has 0 saturated heterocycles. The number of pyridine rings is 1. The lowest BCUT2D eigenvalue weighted by Gasteiger charge is -2.34. The molecular weight excluding hydrogens is 301 g/mol. The van der Waals surface area contributed by atoms with Gasteiger partial charge in [-0.2, -0.15) is 0 Å². The molecule has 0 aliphatic rings. The molecule has 0 fully saturated rings. The Hall–Kier alpha value is -1.76. The molecule has 0 spiro atoms. The highest BCUT2D eigenvalue weighted by Crippen LogP contribution is 2.50. The highest BCUT2D eigenvalue weighted by molar-refractivity contribution is 7.53. The summed E-state index contributed by atoms with van der Waals surface area (Å²) in [5.41, 5.74) is -3.51. The molecule has 0 aliphatic carbocycles. The van der Waals surface area contributed by atoms with Crippen molar-refractivity contribution in [2.75, 3.05) is 0 Å². The first-order valence-electron chi connectivity index (χ1n) is 5.92. The molecule has 1 heterocycles. The van der Waals surface area contributed by atoms with Crippen LogP contribution in [0.1, 0.15) is 19.5 Å². The fraction of sp³-hybridized carbons (Fsp3) is 0.417. The zero-order chi connectivity index (χ0) is 16.4. The van der Waals surface area contributed by atoms with Gasteiger partial charge in [-0.25, -0.2) is 0 Å². The van der Waals surface area contributed by atoms with Crippen molar-refractivity contribution in [3.63, 3.8) is 0 Å².